The van der Waals surface area contributed by atoms with E-state index in [1.807, 2.05) is 0 Å². The Balaban J connectivity index is 2.89. The van der Waals surface area contributed by atoms with E-state index in [0.29, 0.717) is 10.8 Å². The molecule has 0 amide bonds. The predicted octanol–water partition coefficient (Wildman–Crippen LogP) is 3.71. The summed E-state index contributed by atoms with van der Waals surface area (Å²) >= 11 is 0. The third kappa shape index (κ3) is 1.21. The van der Waals surface area contributed by atoms with Gasteiger partial charge in [0.05, 0.1) is 0 Å². The van der Waals surface area contributed by atoms with Crippen LogP contribution in [0.25, 0.3) is 0 Å². The summed E-state index contributed by atoms with van der Waals surface area (Å²) in [6.45, 7) is 14.4. The minimum absolute atomic E-state index is 0.545. The van der Waals surface area contributed by atoms with Crippen molar-refractivity contribution >= 4 is 0 Å². The molecule has 1 rings (SSSR count). The van der Waals surface area contributed by atoms with Crippen LogP contribution in [0, 0.1) is 22.7 Å². The summed E-state index contributed by atoms with van der Waals surface area (Å²) < 4.78 is 0. The van der Waals surface area contributed by atoms with Crippen LogP contribution in [0.15, 0.2) is 0 Å². The highest BCUT2D eigenvalue weighted by Gasteiger charge is 2.48. The summed E-state index contributed by atoms with van der Waals surface area (Å²) in [6.07, 6.45) is 1.39. The zero-order valence-electron chi connectivity index (χ0n) is 8.86. The van der Waals surface area contributed by atoms with E-state index in [-0.39, 0.29) is 0 Å². The first kappa shape index (κ1) is 9.09. The Hall–Kier alpha value is 0. The average Bonchev–Trinajstić information content (AvgIpc) is 1.94. The maximum absolute atomic E-state index is 2.41. The van der Waals surface area contributed by atoms with Gasteiger partial charge in [0.1, 0.15) is 0 Å². The van der Waals surface area contributed by atoms with Crippen LogP contribution < -0.4 is 0 Å². The minimum atomic E-state index is 0.545. The van der Waals surface area contributed by atoms with Crippen LogP contribution in [0.5, 0.6) is 0 Å². The van der Waals surface area contributed by atoms with E-state index in [1.54, 1.807) is 0 Å². The molecule has 0 aromatic rings. The molecule has 0 unspecified atom stereocenters. The van der Waals surface area contributed by atoms with Crippen molar-refractivity contribution in [2.24, 2.45) is 22.7 Å². The molecule has 0 heterocycles. The summed E-state index contributed by atoms with van der Waals surface area (Å²) in [5.74, 6) is 1.73. The van der Waals surface area contributed by atoms with Gasteiger partial charge in [0, 0.05) is 0 Å². The first-order chi connectivity index (χ1) is 4.78. The van der Waals surface area contributed by atoms with Gasteiger partial charge in [-0.15, -0.1) is 0 Å². The molecule has 11 heavy (non-hydrogen) atoms. The molecule has 0 nitrogen and oxygen atoms in total. The van der Waals surface area contributed by atoms with Gasteiger partial charge in [0.25, 0.3) is 0 Å². The third-order valence-corrected chi connectivity index (χ3v) is 4.39. The Morgan fingerprint density at radius 1 is 1.00 bits per heavy atom. The fraction of sp³-hybridized carbons (Fsp3) is 1.00. The van der Waals surface area contributed by atoms with E-state index in [4.69, 9.17) is 0 Å². The zero-order chi connectivity index (χ0) is 8.86. The van der Waals surface area contributed by atoms with Crippen LogP contribution in [-0.4, -0.2) is 0 Å². The standard InChI is InChI=1S/C11H22/c1-8-7-10(3,4)9(2)11(8,5)6/h8-9H,7H2,1-6H3/t8-,9+/m0/s1. The Morgan fingerprint density at radius 3 is 1.55 bits per heavy atom. The lowest BCUT2D eigenvalue weighted by molar-refractivity contribution is 0.159. The average molecular weight is 154 g/mol. The lowest BCUT2D eigenvalue weighted by Crippen LogP contribution is -2.26. The molecule has 0 radical (unpaired) electrons. The van der Waals surface area contributed by atoms with Crippen molar-refractivity contribution in [1.29, 1.82) is 0 Å². The molecule has 1 saturated carbocycles. The number of rotatable bonds is 0. The Kier molecular flexibility index (Phi) is 1.85. The van der Waals surface area contributed by atoms with E-state index in [0.717, 1.165) is 11.8 Å². The molecule has 66 valence electrons. The molecule has 0 aromatic carbocycles. The molecular formula is C11H22. The molecular weight excluding hydrogens is 132 g/mol. The van der Waals surface area contributed by atoms with E-state index in [9.17, 15) is 0 Å². The van der Waals surface area contributed by atoms with Crippen molar-refractivity contribution in [1.82, 2.24) is 0 Å². The van der Waals surface area contributed by atoms with Crippen molar-refractivity contribution < 1.29 is 0 Å². The fourth-order valence-electron chi connectivity index (χ4n) is 2.66. The lowest BCUT2D eigenvalue weighted by atomic mass is 9.72. The number of hydrogen-bond donors (Lipinski definition) is 0. The van der Waals surface area contributed by atoms with Gasteiger partial charge < -0.3 is 0 Å². The maximum Gasteiger partial charge on any atom is -0.0298 e. The lowest BCUT2D eigenvalue weighted by Gasteiger charge is -2.33. The Labute approximate surface area is 71.4 Å². The first-order valence-electron chi connectivity index (χ1n) is 4.78. The molecule has 0 heteroatoms. The van der Waals surface area contributed by atoms with E-state index in [2.05, 4.69) is 41.5 Å². The minimum Gasteiger partial charge on any atom is -0.0620 e. The second-order valence-electron chi connectivity index (χ2n) is 5.64. The second-order valence-corrected chi connectivity index (χ2v) is 5.64. The summed E-state index contributed by atoms with van der Waals surface area (Å²) in [5, 5.41) is 0. The van der Waals surface area contributed by atoms with Gasteiger partial charge in [-0.1, -0.05) is 41.5 Å². The Bertz CT molecular complexity index is 153. The van der Waals surface area contributed by atoms with Crippen molar-refractivity contribution in [3.63, 3.8) is 0 Å². The highest BCUT2D eigenvalue weighted by Crippen LogP contribution is 2.56. The number of hydrogen-bond acceptors (Lipinski definition) is 0. The van der Waals surface area contributed by atoms with Gasteiger partial charge in [0.15, 0.2) is 0 Å². The fourth-order valence-corrected chi connectivity index (χ4v) is 2.66. The second kappa shape index (κ2) is 2.24. The highest BCUT2D eigenvalue weighted by molar-refractivity contribution is 4.97. The van der Waals surface area contributed by atoms with Gasteiger partial charge in [-0.05, 0) is 29.1 Å². The van der Waals surface area contributed by atoms with E-state index >= 15 is 0 Å². The molecule has 1 fully saturated rings. The van der Waals surface area contributed by atoms with Gasteiger partial charge in [-0.2, -0.15) is 0 Å². The van der Waals surface area contributed by atoms with Gasteiger partial charge in [-0.25, -0.2) is 0 Å². The van der Waals surface area contributed by atoms with Crippen LogP contribution in [-0.2, 0) is 0 Å². The highest BCUT2D eigenvalue weighted by atomic mass is 14.5. The van der Waals surface area contributed by atoms with Crippen molar-refractivity contribution in [3.05, 3.63) is 0 Å². The summed E-state index contributed by atoms with van der Waals surface area (Å²) in [5.41, 5.74) is 1.10. The predicted molar refractivity (Wildman–Crippen MR) is 50.5 cm³/mol. The van der Waals surface area contributed by atoms with Crippen LogP contribution in [0.4, 0.5) is 0 Å². The molecule has 1 aliphatic carbocycles. The molecule has 2 atom stereocenters. The largest absolute Gasteiger partial charge is 0.0620 e. The summed E-state index contributed by atoms with van der Waals surface area (Å²) in [7, 11) is 0. The van der Waals surface area contributed by atoms with E-state index < -0.39 is 0 Å². The zero-order valence-corrected chi connectivity index (χ0v) is 8.86. The SMILES string of the molecule is C[C@@H]1C(C)(C)C[C@H](C)C1(C)C. The molecule has 0 aliphatic heterocycles. The van der Waals surface area contributed by atoms with Gasteiger partial charge >= 0.3 is 0 Å². The molecule has 0 saturated heterocycles. The Morgan fingerprint density at radius 2 is 1.45 bits per heavy atom. The summed E-state index contributed by atoms with van der Waals surface area (Å²) in [6, 6.07) is 0. The van der Waals surface area contributed by atoms with E-state index in [1.165, 1.54) is 6.42 Å². The monoisotopic (exact) mass is 154 g/mol. The molecule has 0 spiro atoms. The molecule has 0 bridgehead atoms. The van der Waals surface area contributed by atoms with Crippen LogP contribution in [0.3, 0.4) is 0 Å². The van der Waals surface area contributed by atoms with Crippen LogP contribution in [0.1, 0.15) is 48.0 Å². The van der Waals surface area contributed by atoms with Crippen molar-refractivity contribution in [2.45, 2.75) is 48.0 Å². The smallest absolute Gasteiger partial charge is 0.0298 e. The molecule has 0 N–H and O–H groups in total. The molecule has 1 aliphatic rings. The van der Waals surface area contributed by atoms with Crippen molar-refractivity contribution in [2.75, 3.05) is 0 Å². The van der Waals surface area contributed by atoms with Crippen LogP contribution >= 0.6 is 0 Å². The van der Waals surface area contributed by atoms with Gasteiger partial charge in [0.2, 0.25) is 0 Å². The van der Waals surface area contributed by atoms with Crippen LogP contribution in [0.2, 0.25) is 0 Å². The molecule has 0 aromatic heterocycles. The quantitative estimate of drug-likeness (QED) is 0.499. The first-order valence-corrected chi connectivity index (χ1v) is 4.78. The normalized spacial score (nSPS) is 40.9. The van der Waals surface area contributed by atoms with Gasteiger partial charge in [-0.3, -0.25) is 0 Å². The third-order valence-electron chi connectivity index (χ3n) is 4.39. The summed E-state index contributed by atoms with van der Waals surface area (Å²) in [4.78, 5) is 0. The van der Waals surface area contributed by atoms with Crippen molar-refractivity contribution in [3.8, 4) is 0 Å². The topological polar surface area (TPSA) is 0 Å². The maximum atomic E-state index is 2.41.